The van der Waals surface area contributed by atoms with E-state index in [1.54, 1.807) is 17.0 Å². The Bertz CT molecular complexity index is 2080. The van der Waals surface area contributed by atoms with Gasteiger partial charge in [-0.1, -0.05) is 66.7 Å². The molecular formula is C42H46N4O6. The number of hydrogen-bond acceptors (Lipinski definition) is 7. The molecule has 3 saturated heterocycles. The van der Waals surface area contributed by atoms with Gasteiger partial charge in [-0.3, -0.25) is 9.69 Å². The molecule has 0 saturated carbocycles. The van der Waals surface area contributed by atoms with Gasteiger partial charge >= 0.3 is 6.09 Å². The first-order chi connectivity index (χ1) is 25.2. The quantitative estimate of drug-likeness (QED) is 0.0922. The highest BCUT2D eigenvalue weighted by molar-refractivity contribution is 5.87. The molecule has 5 aromatic rings. The number of amides is 1. The summed E-state index contributed by atoms with van der Waals surface area (Å²) in [6.45, 7) is 6.27. The molecule has 2 unspecified atom stereocenters. The third-order valence-electron chi connectivity index (χ3n) is 10.8. The van der Waals surface area contributed by atoms with E-state index in [1.807, 2.05) is 54.6 Å². The van der Waals surface area contributed by atoms with E-state index >= 15 is 0 Å². The van der Waals surface area contributed by atoms with Gasteiger partial charge in [0.1, 0.15) is 18.1 Å². The van der Waals surface area contributed by atoms with Gasteiger partial charge in [-0.15, -0.1) is 0 Å². The van der Waals surface area contributed by atoms with Crippen molar-refractivity contribution in [2.24, 2.45) is 5.92 Å². The Morgan fingerprint density at radius 2 is 1.77 bits per heavy atom. The van der Waals surface area contributed by atoms with Crippen molar-refractivity contribution >= 4 is 17.0 Å². The molecule has 10 nitrogen and oxygen atoms in total. The van der Waals surface area contributed by atoms with E-state index in [0.717, 1.165) is 66.7 Å². The van der Waals surface area contributed by atoms with Gasteiger partial charge in [0.25, 0.3) is 0 Å². The number of fused-ring (bicyclic) bond motifs is 4. The van der Waals surface area contributed by atoms with E-state index in [9.17, 15) is 24.9 Å². The second-order valence-electron chi connectivity index (χ2n) is 14.1. The summed E-state index contributed by atoms with van der Waals surface area (Å²) in [6, 6.07) is 29.8. The van der Waals surface area contributed by atoms with Crippen LogP contribution in [0.25, 0.3) is 10.9 Å². The number of phenolic OH excluding ortho intramolecular Hbond substituents is 1. The van der Waals surface area contributed by atoms with Gasteiger partial charge in [-0.2, -0.15) is 0 Å². The van der Waals surface area contributed by atoms with Gasteiger partial charge in [0, 0.05) is 24.5 Å². The van der Waals surface area contributed by atoms with Crippen molar-refractivity contribution in [3.05, 3.63) is 141 Å². The number of piperidine rings is 3. The fourth-order valence-electron chi connectivity index (χ4n) is 7.98. The SMILES string of the molecule is Cc1cc(CCNCC(O)c2ccc(O)c3[nH]c(=O)ccc23)ccc1COc1cccc([C@H](c2ccccc2)N(C(=O)O)C2CN3CCC2CC3)c1. The number of benzene rings is 4. The number of rotatable bonds is 13. The number of aromatic hydroxyl groups is 1. The number of aromatic amines is 1. The molecule has 3 atom stereocenters. The minimum absolute atomic E-state index is 0.0343. The molecule has 2 bridgehead atoms. The molecule has 3 aliphatic heterocycles. The summed E-state index contributed by atoms with van der Waals surface area (Å²) in [4.78, 5) is 31.5. The molecule has 0 spiro atoms. The van der Waals surface area contributed by atoms with E-state index in [1.165, 1.54) is 12.1 Å². The van der Waals surface area contributed by atoms with Crippen molar-refractivity contribution in [1.82, 2.24) is 20.1 Å². The van der Waals surface area contributed by atoms with Crippen LogP contribution < -0.4 is 15.6 Å². The maximum absolute atomic E-state index is 13.0. The van der Waals surface area contributed by atoms with Crippen LogP contribution in [-0.2, 0) is 13.0 Å². The second kappa shape index (κ2) is 15.6. The highest BCUT2D eigenvalue weighted by Gasteiger charge is 2.43. The Labute approximate surface area is 303 Å². The maximum Gasteiger partial charge on any atom is 0.408 e. The summed E-state index contributed by atoms with van der Waals surface area (Å²) < 4.78 is 6.34. The zero-order valence-corrected chi connectivity index (χ0v) is 29.4. The van der Waals surface area contributed by atoms with E-state index in [2.05, 4.69) is 40.3 Å². The van der Waals surface area contributed by atoms with Crippen molar-refractivity contribution in [2.75, 3.05) is 32.7 Å². The molecule has 270 valence electrons. The van der Waals surface area contributed by atoms with Crippen LogP contribution in [0, 0.1) is 12.8 Å². The van der Waals surface area contributed by atoms with Gasteiger partial charge in [0.2, 0.25) is 5.56 Å². The normalized spacial score (nSPS) is 19.3. The molecule has 0 radical (unpaired) electrons. The number of pyridine rings is 1. The monoisotopic (exact) mass is 702 g/mol. The molecule has 3 aliphatic rings. The number of carboxylic acid groups (broad SMARTS) is 1. The predicted molar refractivity (Wildman–Crippen MR) is 201 cm³/mol. The number of aryl methyl sites for hydroxylation is 1. The Morgan fingerprint density at radius 3 is 2.50 bits per heavy atom. The lowest BCUT2D eigenvalue weighted by atomic mass is 9.81. The van der Waals surface area contributed by atoms with E-state index < -0.39 is 18.2 Å². The Morgan fingerprint density at radius 1 is 0.981 bits per heavy atom. The molecule has 4 aromatic carbocycles. The maximum atomic E-state index is 13.0. The summed E-state index contributed by atoms with van der Waals surface area (Å²) in [5, 5.41) is 35.6. The number of H-pyrrole nitrogens is 1. The van der Waals surface area contributed by atoms with Crippen molar-refractivity contribution in [2.45, 2.75) is 51.0 Å². The summed E-state index contributed by atoms with van der Waals surface area (Å²) in [5.74, 6) is 1.02. The van der Waals surface area contributed by atoms with Crippen LogP contribution in [0.4, 0.5) is 4.79 Å². The fourth-order valence-corrected chi connectivity index (χ4v) is 7.98. The molecule has 4 heterocycles. The standard InChI is InChI=1S/C42H46N4O6/c1-27-22-28(16-19-43-24-38(48)34-12-14-37(47)40-35(34)13-15-39(49)44-40)10-11-32(27)26-52-33-9-5-8-31(23-33)41(30-6-3-2-4-7-30)46(42(50)51)36-25-45-20-17-29(36)18-21-45/h2-15,22-23,29,36,38,41,43,47-48H,16-21,24-26H2,1H3,(H,44,49)(H,50,51)/t36?,38?,41-/m0/s1. The van der Waals surface area contributed by atoms with Crippen molar-refractivity contribution in [3.63, 3.8) is 0 Å². The number of carbonyl (C=O) groups is 1. The van der Waals surface area contributed by atoms with E-state index in [0.29, 0.717) is 47.8 Å². The first-order valence-electron chi connectivity index (χ1n) is 18.1. The number of nitrogens with one attached hydrogen (secondary N) is 2. The van der Waals surface area contributed by atoms with Crippen molar-refractivity contribution < 1.29 is 24.9 Å². The van der Waals surface area contributed by atoms with Crippen LogP contribution in [0.5, 0.6) is 11.5 Å². The van der Waals surface area contributed by atoms with Crippen molar-refractivity contribution in [1.29, 1.82) is 0 Å². The minimum Gasteiger partial charge on any atom is -0.506 e. The molecular weight excluding hydrogens is 656 g/mol. The number of aliphatic hydroxyl groups excluding tert-OH is 1. The molecule has 5 N–H and O–H groups in total. The lowest BCUT2D eigenvalue weighted by Gasteiger charge is -2.50. The average molecular weight is 703 g/mol. The first kappa shape index (κ1) is 35.3. The van der Waals surface area contributed by atoms with Crippen LogP contribution >= 0.6 is 0 Å². The summed E-state index contributed by atoms with van der Waals surface area (Å²) in [6.07, 6.45) is 1.11. The zero-order chi connectivity index (χ0) is 36.2. The largest absolute Gasteiger partial charge is 0.506 e. The van der Waals surface area contributed by atoms with Gasteiger partial charge in [-0.25, -0.2) is 4.79 Å². The van der Waals surface area contributed by atoms with Crippen LogP contribution in [-0.4, -0.2) is 75.0 Å². The van der Waals surface area contributed by atoms with Gasteiger partial charge in [0.05, 0.1) is 23.7 Å². The molecule has 3 fully saturated rings. The molecule has 52 heavy (non-hydrogen) atoms. The minimum atomic E-state index is -0.898. The smallest absolute Gasteiger partial charge is 0.408 e. The zero-order valence-electron chi connectivity index (χ0n) is 29.4. The summed E-state index contributed by atoms with van der Waals surface area (Å²) in [5.41, 5.74) is 5.80. The second-order valence-corrected chi connectivity index (χ2v) is 14.1. The predicted octanol–water partition coefficient (Wildman–Crippen LogP) is 6.15. The molecule has 1 amide bonds. The van der Waals surface area contributed by atoms with Crippen LogP contribution in [0.1, 0.15) is 58.4 Å². The van der Waals surface area contributed by atoms with Crippen LogP contribution in [0.3, 0.4) is 0 Å². The highest BCUT2D eigenvalue weighted by atomic mass is 16.5. The van der Waals surface area contributed by atoms with Crippen LogP contribution in [0.15, 0.2) is 102 Å². The number of hydrogen-bond donors (Lipinski definition) is 5. The van der Waals surface area contributed by atoms with Crippen LogP contribution in [0.2, 0.25) is 0 Å². The summed E-state index contributed by atoms with van der Waals surface area (Å²) in [7, 11) is 0. The van der Waals surface area contributed by atoms with Crippen molar-refractivity contribution in [3.8, 4) is 11.5 Å². The third-order valence-corrected chi connectivity index (χ3v) is 10.8. The number of aromatic nitrogens is 1. The topological polar surface area (TPSA) is 138 Å². The highest BCUT2D eigenvalue weighted by Crippen LogP contribution is 2.39. The number of nitrogens with zero attached hydrogens (tertiary/aromatic N) is 2. The van der Waals surface area contributed by atoms with Gasteiger partial charge in [0.15, 0.2) is 0 Å². The summed E-state index contributed by atoms with van der Waals surface area (Å²) >= 11 is 0. The Balaban J connectivity index is 0.985. The van der Waals surface area contributed by atoms with Gasteiger partial charge < -0.3 is 35.3 Å². The number of phenols is 1. The first-order valence-corrected chi connectivity index (χ1v) is 18.1. The van der Waals surface area contributed by atoms with E-state index in [-0.39, 0.29) is 17.4 Å². The Hall–Kier alpha value is -5.16. The molecule has 1 aromatic heterocycles. The lowest BCUT2D eigenvalue weighted by molar-refractivity contribution is -0.000812. The average Bonchev–Trinajstić information content (AvgIpc) is 3.16. The molecule has 10 heteroatoms. The third kappa shape index (κ3) is 7.69. The number of ether oxygens (including phenoxy) is 1. The molecule has 8 rings (SSSR count). The number of aliphatic hydroxyl groups is 1. The van der Waals surface area contributed by atoms with Gasteiger partial charge in [-0.05, 0) is 109 Å². The fraction of sp³-hybridized carbons (Fsp3) is 0.333. The van der Waals surface area contributed by atoms with E-state index in [4.69, 9.17) is 4.74 Å². The molecule has 0 aliphatic carbocycles. The lowest BCUT2D eigenvalue weighted by Crippen LogP contribution is -2.59. The Kier molecular flexibility index (Phi) is 10.6.